The van der Waals surface area contributed by atoms with Crippen LogP contribution in [0, 0.1) is 10.1 Å². The summed E-state index contributed by atoms with van der Waals surface area (Å²) in [5.74, 6) is 0.357. The van der Waals surface area contributed by atoms with Crippen LogP contribution in [0.3, 0.4) is 0 Å². The highest BCUT2D eigenvalue weighted by Crippen LogP contribution is 2.34. The molecule has 1 amide bonds. The van der Waals surface area contributed by atoms with Crippen molar-refractivity contribution in [2.75, 3.05) is 33.9 Å². The fourth-order valence-corrected chi connectivity index (χ4v) is 6.38. The van der Waals surface area contributed by atoms with Gasteiger partial charge >= 0.3 is 0 Å². The number of nitrogens with two attached hydrogens (primary N) is 1. The van der Waals surface area contributed by atoms with Crippen LogP contribution in [0.2, 0.25) is 0 Å². The summed E-state index contributed by atoms with van der Waals surface area (Å²) in [6.07, 6.45) is 3.86. The first-order chi connectivity index (χ1) is 19.0. The summed E-state index contributed by atoms with van der Waals surface area (Å²) in [4.78, 5) is 30.2. The summed E-state index contributed by atoms with van der Waals surface area (Å²) in [7, 11) is -1.11. The highest BCUT2D eigenvalue weighted by atomic mass is 32.2. The van der Waals surface area contributed by atoms with Crippen molar-refractivity contribution < 1.29 is 27.7 Å². The second-order valence-electron chi connectivity index (χ2n) is 9.75. The molecule has 0 radical (unpaired) electrons. The van der Waals surface area contributed by atoms with Gasteiger partial charge in [0, 0.05) is 19.6 Å². The molecule has 1 atom stereocenters. The predicted octanol–water partition coefficient (Wildman–Crippen LogP) is 2.56. The first kappa shape index (κ1) is 30.9. The summed E-state index contributed by atoms with van der Waals surface area (Å²) in [6, 6.07) is 8.18. The maximum absolute atomic E-state index is 13.9. The Morgan fingerprint density at radius 1 is 1.15 bits per heavy atom. The Kier molecular flexibility index (Phi) is 10.5. The average Bonchev–Trinajstić information content (AvgIpc) is 3.06. The molecule has 1 aliphatic heterocycles. The highest BCUT2D eigenvalue weighted by Gasteiger charge is 2.45. The molecule has 1 saturated heterocycles. The first-order valence-corrected chi connectivity index (χ1v) is 14.7. The summed E-state index contributed by atoms with van der Waals surface area (Å²) >= 11 is 0. The molecule has 13 nitrogen and oxygen atoms in total. The van der Waals surface area contributed by atoms with Crippen molar-refractivity contribution in [3.8, 4) is 11.5 Å². The minimum absolute atomic E-state index is 0.0150. The minimum atomic E-state index is -4.14. The maximum Gasteiger partial charge on any atom is 0.251 e. The van der Waals surface area contributed by atoms with Gasteiger partial charge in [0.15, 0.2) is 16.5 Å². The number of methoxy groups -OCH3 is 2. The van der Waals surface area contributed by atoms with E-state index in [1.165, 1.54) is 26.4 Å². The lowest BCUT2D eigenvalue weighted by molar-refractivity contribution is -0.525. The zero-order valence-corrected chi connectivity index (χ0v) is 24.0. The van der Waals surface area contributed by atoms with Crippen LogP contribution in [-0.2, 0) is 14.8 Å². The van der Waals surface area contributed by atoms with E-state index in [9.17, 15) is 23.3 Å². The SMILES string of the molecule is CCCCN1CCCCC(CCCN=C(N)N[N+](=O)[O-])(NS(=O)(=O)c2ccc3cc(OC)c(OC)cc3c2)C1=O. The normalized spacial score (nSPS) is 18.4. The van der Waals surface area contributed by atoms with Gasteiger partial charge in [-0.2, -0.15) is 4.72 Å². The molecule has 1 fully saturated rings. The minimum Gasteiger partial charge on any atom is -0.493 e. The van der Waals surface area contributed by atoms with E-state index in [0.717, 1.165) is 24.6 Å². The van der Waals surface area contributed by atoms with Gasteiger partial charge in [-0.25, -0.2) is 23.5 Å². The molecule has 0 spiro atoms. The lowest BCUT2D eigenvalue weighted by Gasteiger charge is -2.35. The van der Waals surface area contributed by atoms with Crippen molar-refractivity contribution in [3.05, 3.63) is 40.4 Å². The van der Waals surface area contributed by atoms with E-state index < -0.39 is 20.6 Å². The van der Waals surface area contributed by atoms with E-state index in [4.69, 9.17) is 15.2 Å². The lowest BCUT2D eigenvalue weighted by Crippen LogP contribution is -2.59. The summed E-state index contributed by atoms with van der Waals surface area (Å²) < 4.78 is 41.1. The number of amides is 1. The third-order valence-corrected chi connectivity index (χ3v) is 8.50. The number of nitro groups is 1. The number of hydrazine groups is 1. The van der Waals surface area contributed by atoms with Gasteiger partial charge in [0.05, 0.1) is 19.1 Å². The quantitative estimate of drug-likeness (QED) is 0.106. The first-order valence-electron chi connectivity index (χ1n) is 13.3. The highest BCUT2D eigenvalue weighted by molar-refractivity contribution is 7.89. The van der Waals surface area contributed by atoms with Crippen molar-refractivity contribution in [1.29, 1.82) is 0 Å². The topological polar surface area (TPSA) is 178 Å². The number of benzene rings is 2. The standard InChI is InChI=1S/C26H38N6O7S/c1-4-5-14-31-15-7-6-11-26(24(31)33,12-8-13-28-25(27)29-32(34)35)30-40(36,37)21-10-9-19-17-22(38-2)23(39-3)18-20(19)16-21/h9-10,16-18,30H,4-8,11-15H2,1-3H3,(H3,27,28,29). The van der Waals surface area contributed by atoms with Gasteiger partial charge in [0.2, 0.25) is 15.9 Å². The number of ether oxygens (including phenoxy) is 2. The molecule has 0 aliphatic carbocycles. The number of hydrogen-bond acceptors (Lipinski definition) is 8. The smallest absolute Gasteiger partial charge is 0.251 e. The van der Waals surface area contributed by atoms with E-state index >= 15 is 0 Å². The van der Waals surface area contributed by atoms with Gasteiger partial charge < -0.3 is 20.1 Å². The maximum atomic E-state index is 13.9. The molecule has 1 heterocycles. The summed E-state index contributed by atoms with van der Waals surface area (Å²) in [5, 5.41) is 11.2. The molecule has 0 bridgehead atoms. The number of nitrogens with one attached hydrogen (secondary N) is 2. The number of likely N-dealkylation sites (tertiary alicyclic amines) is 1. The monoisotopic (exact) mass is 578 g/mol. The molecule has 3 rings (SSSR count). The van der Waals surface area contributed by atoms with Crippen LogP contribution in [0.15, 0.2) is 40.2 Å². The van der Waals surface area contributed by atoms with E-state index in [2.05, 4.69) is 9.71 Å². The summed E-state index contributed by atoms with van der Waals surface area (Å²) in [6.45, 7) is 3.20. The Morgan fingerprint density at radius 2 is 1.85 bits per heavy atom. The second kappa shape index (κ2) is 13.6. The van der Waals surface area contributed by atoms with E-state index in [-0.39, 0.29) is 36.1 Å². The van der Waals surface area contributed by atoms with Crippen molar-refractivity contribution in [2.45, 2.75) is 62.3 Å². The van der Waals surface area contributed by atoms with Gasteiger partial charge in [0.25, 0.3) is 5.96 Å². The third-order valence-electron chi connectivity index (χ3n) is 6.96. The van der Waals surface area contributed by atoms with Gasteiger partial charge in [-0.3, -0.25) is 4.79 Å². The van der Waals surface area contributed by atoms with Crippen molar-refractivity contribution in [2.24, 2.45) is 10.7 Å². The molecular formula is C26H38N6O7S. The number of nitrogens with zero attached hydrogens (tertiary/aromatic N) is 3. The fourth-order valence-electron chi connectivity index (χ4n) is 4.93. The Balaban J connectivity index is 1.95. The largest absolute Gasteiger partial charge is 0.493 e. The number of carbonyl (C=O) groups excluding carboxylic acids is 1. The van der Waals surface area contributed by atoms with Crippen LogP contribution in [0.1, 0.15) is 51.9 Å². The van der Waals surface area contributed by atoms with Crippen LogP contribution >= 0.6 is 0 Å². The summed E-state index contributed by atoms with van der Waals surface area (Å²) in [5.41, 5.74) is 5.90. The van der Waals surface area contributed by atoms with Gasteiger partial charge in [0.1, 0.15) is 5.54 Å². The van der Waals surface area contributed by atoms with Gasteiger partial charge in [-0.1, -0.05) is 24.8 Å². The van der Waals surface area contributed by atoms with E-state index in [0.29, 0.717) is 42.8 Å². The third kappa shape index (κ3) is 7.50. The van der Waals surface area contributed by atoms with Crippen molar-refractivity contribution in [1.82, 2.24) is 15.0 Å². The molecule has 2 aromatic carbocycles. The number of hydrogen-bond donors (Lipinski definition) is 3. The molecule has 220 valence electrons. The lowest BCUT2D eigenvalue weighted by atomic mass is 9.88. The Morgan fingerprint density at radius 3 is 2.50 bits per heavy atom. The molecule has 1 unspecified atom stereocenters. The van der Waals surface area contributed by atoms with Gasteiger partial charge in [-0.05, 0) is 73.6 Å². The van der Waals surface area contributed by atoms with E-state index in [1.807, 2.05) is 6.92 Å². The number of unbranched alkanes of at least 4 members (excludes halogenated alkanes) is 1. The van der Waals surface area contributed by atoms with Crippen LogP contribution in [0.25, 0.3) is 10.8 Å². The fraction of sp³-hybridized carbons (Fsp3) is 0.538. The Labute approximate surface area is 234 Å². The van der Waals surface area contributed by atoms with Crippen LogP contribution in [0.5, 0.6) is 11.5 Å². The van der Waals surface area contributed by atoms with Crippen molar-refractivity contribution in [3.63, 3.8) is 0 Å². The number of rotatable bonds is 13. The Hall–Kier alpha value is -3.65. The molecular weight excluding hydrogens is 540 g/mol. The Bertz CT molecular complexity index is 1350. The number of carbonyl (C=O) groups is 1. The average molecular weight is 579 g/mol. The molecule has 40 heavy (non-hydrogen) atoms. The molecule has 0 saturated carbocycles. The van der Waals surface area contributed by atoms with Crippen molar-refractivity contribution >= 4 is 32.7 Å². The zero-order valence-electron chi connectivity index (χ0n) is 23.1. The number of aliphatic imine (C=N–C) groups is 1. The molecule has 4 N–H and O–H groups in total. The van der Waals surface area contributed by atoms with E-state index in [1.54, 1.807) is 28.5 Å². The second-order valence-corrected chi connectivity index (χ2v) is 11.4. The number of sulfonamides is 1. The molecule has 1 aliphatic rings. The van der Waals surface area contributed by atoms with Crippen LogP contribution in [0.4, 0.5) is 0 Å². The zero-order chi connectivity index (χ0) is 29.3. The molecule has 14 heteroatoms. The molecule has 0 aromatic heterocycles. The van der Waals surface area contributed by atoms with Crippen LogP contribution in [-0.4, -0.2) is 69.6 Å². The van der Waals surface area contributed by atoms with Gasteiger partial charge in [-0.15, -0.1) is 0 Å². The number of fused-ring (bicyclic) bond motifs is 1. The molecule has 2 aromatic rings. The number of guanidine groups is 1. The predicted molar refractivity (Wildman–Crippen MR) is 151 cm³/mol. The van der Waals surface area contributed by atoms with Crippen LogP contribution < -0.4 is 25.4 Å².